The van der Waals surface area contributed by atoms with Crippen LogP contribution in [-0.4, -0.2) is 32.2 Å². The molecule has 1 heterocycles. The van der Waals surface area contributed by atoms with Gasteiger partial charge in [-0.05, 0) is 52.9 Å². The number of nitro groups is 1. The van der Waals surface area contributed by atoms with Crippen molar-refractivity contribution < 1.29 is 19.9 Å². The average Bonchev–Trinajstić information content (AvgIpc) is 2.68. The van der Waals surface area contributed by atoms with Crippen molar-refractivity contribution in [2.24, 2.45) is 0 Å². The summed E-state index contributed by atoms with van der Waals surface area (Å²) in [6.07, 6.45) is 1.68. The van der Waals surface area contributed by atoms with Gasteiger partial charge in [0, 0.05) is 30.1 Å². The monoisotopic (exact) mass is 400 g/mol. The van der Waals surface area contributed by atoms with Crippen molar-refractivity contribution in [3.63, 3.8) is 0 Å². The molecule has 0 amide bonds. The van der Waals surface area contributed by atoms with Gasteiger partial charge < -0.3 is 10.2 Å². The van der Waals surface area contributed by atoms with E-state index in [4.69, 9.17) is 0 Å². The van der Waals surface area contributed by atoms with Crippen molar-refractivity contribution in [2.45, 2.75) is 12.7 Å². The first-order valence-corrected chi connectivity index (χ1v) is 8.12. The maximum atomic E-state index is 12.1. The number of pyridine rings is 1. The molecular weight excluding hydrogens is 384 g/mol. The number of aliphatic hydroxyl groups excluding tert-OH is 1. The molecule has 28 heavy (non-hydrogen) atoms. The summed E-state index contributed by atoms with van der Waals surface area (Å²) in [6.45, 7) is 0. The summed E-state index contributed by atoms with van der Waals surface area (Å²) < 4.78 is 0. The van der Waals surface area contributed by atoms with Crippen LogP contribution in [0.15, 0.2) is 67.0 Å². The van der Waals surface area contributed by atoms with Crippen LogP contribution in [0.3, 0.4) is 0 Å². The molecule has 0 aliphatic heterocycles. The van der Waals surface area contributed by atoms with Gasteiger partial charge >= 0.3 is 0 Å². The highest BCUT2D eigenvalue weighted by molar-refractivity contribution is 5.99. The number of Topliss-reactive ketones (excluding diaryl/α,β-unsaturated/α-hetero) is 1. The molecule has 7 nitrogen and oxygen atoms in total. The molecule has 0 bridgehead atoms. The van der Waals surface area contributed by atoms with Crippen LogP contribution < -0.4 is 0 Å². The molecule has 0 aliphatic rings. The number of nitro benzene ring substituents is 1. The second-order valence-electron chi connectivity index (χ2n) is 6.00. The highest BCUT2D eigenvalue weighted by Crippen LogP contribution is 2.27. The third-order valence-electron chi connectivity index (χ3n) is 4.06. The van der Waals surface area contributed by atoms with Crippen molar-refractivity contribution in [1.82, 2.24) is 4.98 Å². The fourth-order valence-corrected chi connectivity index (χ4v) is 2.79. The fraction of sp³-hybridized carbons (Fsp3) is 0.100. The fourth-order valence-electron chi connectivity index (χ4n) is 2.79. The van der Waals surface area contributed by atoms with Gasteiger partial charge in [0.05, 0.1) is 4.92 Å². The lowest BCUT2D eigenvalue weighted by Gasteiger charge is -2.11. The van der Waals surface area contributed by atoms with Gasteiger partial charge in [-0.3, -0.25) is 19.9 Å². The molecule has 1 aromatic heterocycles. The first-order valence-electron chi connectivity index (χ1n) is 8.12. The molecule has 3 rings (SSSR count). The van der Waals surface area contributed by atoms with Crippen LogP contribution in [0.4, 0.5) is 5.69 Å². The van der Waals surface area contributed by atoms with E-state index in [9.17, 15) is 25.1 Å². The summed E-state index contributed by atoms with van der Waals surface area (Å²) in [5.74, 6) is -0.835. The summed E-state index contributed by atoms with van der Waals surface area (Å²) in [4.78, 5) is 26.6. The maximum Gasteiger partial charge on any atom is 0.270 e. The SMILES string of the molecule is Cl.O=C(c1cc(Cc2ccncc2)cc(-c2cccc([N+](=O)[O-])c2)c1)C(O)O. The summed E-state index contributed by atoms with van der Waals surface area (Å²) >= 11 is 0. The Labute approximate surface area is 166 Å². The zero-order chi connectivity index (χ0) is 19.4. The summed E-state index contributed by atoms with van der Waals surface area (Å²) in [5.41, 5.74) is 2.91. The maximum absolute atomic E-state index is 12.1. The number of rotatable bonds is 6. The molecule has 0 saturated heterocycles. The Morgan fingerprint density at radius 3 is 2.36 bits per heavy atom. The normalized spacial score (nSPS) is 10.4. The van der Waals surface area contributed by atoms with Gasteiger partial charge in [0.2, 0.25) is 12.1 Å². The van der Waals surface area contributed by atoms with E-state index < -0.39 is 17.0 Å². The van der Waals surface area contributed by atoms with Crippen LogP contribution in [0.25, 0.3) is 11.1 Å². The van der Waals surface area contributed by atoms with Gasteiger partial charge in [-0.2, -0.15) is 0 Å². The van der Waals surface area contributed by atoms with Crippen molar-refractivity contribution in [1.29, 1.82) is 0 Å². The van der Waals surface area contributed by atoms with E-state index in [1.54, 1.807) is 30.6 Å². The van der Waals surface area contributed by atoms with Crippen LogP contribution in [0, 0.1) is 10.1 Å². The topological polar surface area (TPSA) is 114 Å². The molecule has 3 aromatic rings. The van der Waals surface area contributed by atoms with Crippen LogP contribution in [0.2, 0.25) is 0 Å². The Hall–Kier alpha value is -3.13. The van der Waals surface area contributed by atoms with E-state index >= 15 is 0 Å². The molecule has 144 valence electrons. The predicted molar refractivity (Wildman–Crippen MR) is 105 cm³/mol. The van der Waals surface area contributed by atoms with Gasteiger partial charge in [0.1, 0.15) is 0 Å². The number of aliphatic hydroxyl groups is 2. The minimum atomic E-state index is -2.13. The van der Waals surface area contributed by atoms with E-state index in [-0.39, 0.29) is 23.7 Å². The van der Waals surface area contributed by atoms with Gasteiger partial charge in [-0.25, -0.2) is 0 Å². The number of hydrogen-bond donors (Lipinski definition) is 2. The molecular formula is C20H17ClN2O5. The standard InChI is InChI=1S/C20H16N2O5.ClH/c23-19(20(24)25)17-10-14(8-13-4-6-21-7-5-13)9-16(11-17)15-2-1-3-18(12-15)22(26)27;/h1-7,9-12,20,24-25H,8H2;1H. The number of benzene rings is 2. The highest BCUT2D eigenvalue weighted by atomic mass is 35.5. The Balaban J connectivity index is 0.00000280. The molecule has 0 spiro atoms. The van der Waals surface area contributed by atoms with Crippen molar-refractivity contribution in [3.05, 3.63) is 93.8 Å². The van der Waals surface area contributed by atoms with E-state index in [0.717, 1.165) is 11.1 Å². The number of hydrogen-bond acceptors (Lipinski definition) is 6. The summed E-state index contributed by atoms with van der Waals surface area (Å²) in [6, 6.07) is 14.6. The zero-order valence-electron chi connectivity index (χ0n) is 14.6. The highest BCUT2D eigenvalue weighted by Gasteiger charge is 2.17. The Kier molecular flexibility index (Phi) is 6.94. The number of carbonyl (C=O) groups is 1. The van der Waals surface area contributed by atoms with Gasteiger partial charge in [-0.15, -0.1) is 12.4 Å². The quantitative estimate of drug-likeness (QED) is 0.284. The molecule has 2 aromatic carbocycles. The van der Waals surface area contributed by atoms with Crippen LogP contribution in [-0.2, 0) is 6.42 Å². The van der Waals surface area contributed by atoms with Crippen LogP contribution in [0.1, 0.15) is 21.5 Å². The van der Waals surface area contributed by atoms with E-state index in [0.29, 0.717) is 17.5 Å². The number of non-ortho nitro benzene ring substituents is 1. The summed E-state index contributed by atoms with van der Waals surface area (Å²) in [5, 5.41) is 29.5. The smallest absolute Gasteiger partial charge is 0.270 e. The molecule has 0 saturated carbocycles. The first kappa shape index (κ1) is 21.2. The molecule has 0 aliphatic carbocycles. The molecule has 2 N–H and O–H groups in total. The average molecular weight is 401 g/mol. The van der Waals surface area contributed by atoms with E-state index in [1.807, 2.05) is 18.2 Å². The minimum Gasteiger partial charge on any atom is -0.362 e. The van der Waals surface area contributed by atoms with Gasteiger partial charge in [-0.1, -0.05) is 18.2 Å². The van der Waals surface area contributed by atoms with Crippen LogP contribution in [0.5, 0.6) is 0 Å². The van der Waals surface area contributed by atoms with Crippen molar-refractivity contribution >= 4 is 23.9 Å². The lowest BCUT2D eigenvalue weighted by atomic mass is 9.95. The molecule has 0 atom stereocenters. The van der Waals surface area contributed by atoms with Crippen LogP contribution >= 0.6 is 12.4 Å². The molecule has 8 heteroatoms. The van der Waals surface area contributed by atoms with Gasteiger partial charge in [0.15, 0.2) is 0 Å². The lowest BCUT2D eigenvalue weighted by molar-refractivity contribution is -0.384. The summed E-state index contributed by atoms with van der Waals surface area (Å²) in [7, 11) is 0. The van der Waals surface area contributed by atoms with Crippen molar-refractivity contribution in [3.8, 4) is 11.1 Å². The second-order valence-corrected chi connectivity index (χ2v) is 6.00. The molecule has 0 fully saturated rings. The molecule has 0 radical (unpaired) electrons. The van der Waals surface area contributed by atoms with E-state index in [2.05, 4.69) is 4.98 Å². The number of ketones is 1. The number of carbonyl (C=O) groups excluding carboxylic acids is 1. The lowest BCUT2D eigenvalue weighted by Crippen LogP contribution is -2.19. The minimum absolute atomic E-state index is 0. The Morgan fingerprint density at radius 2 is 1.71 bits per heavy atom. The van der Waals surface area contributed by atoms with Crippen molar-refractivity contribution in [2.75, 3.05) is 0 Å². The third kappa shape index (κ3) is 4.98. The molecule has 0 unspecified atom stereocenters. The Bertz CT molecular complexity index is 993. The number of aromatic nitrogens is 1. The number of halogens is 1. The predicted octanol–water partition coefficient (Wildman–Crippen LogP) is 3.16. The number of nitrogens with zero attached hydrogens (tertiary/aromatic N) is 2. The Morgan fingerprint density at radius 1 is 1.00 bits per heavy atom. The first-order chi connectivity index (χ1) is 12.9. The second kappa shape index (κ2) is 9.18. The zero-order valence-corrected chi connectivity index (χ0v) is 15.4. The largest absolute Gasteiger partial charge is 0.362 e. The van der Waals surface area contributed by atoms with Gasteiger partial charge in [0.25, 0.3) is 5.69 Å². The van der Waals surface area contributed by atoms with E-state index in [1.165, 1.54) is 18.2 Å². The third-order valence-corrected chi connectivity index (χ3v) is 4.06.